The van der Waals surface area contributed by atoms with Crippen molar-refractivity contribution in [1.82, 2.24) is 4.98 Å². The summed E-state index contributed by atoms with van der Waals surface area (Å²) in [6, 6.07) is 10.9. The van der Waals surface area contributed by atoms with Crippen molar-refractivity contribution in [2.24, 2.45) is 11.5 Å². The average molecular weight is 431 g/mol. The van der Waals surface area contributed by atoms with Gasteiger partial charge in [0.2, 0.25) is 0 Å². The molecule has 1 fully saturated rings. The molecule has 8 nitrogen and oxygen atoms in total. The number of aromatic nitrogens is 1. The quantitative estimate of drug-likeness (QED) is 0.528. The number of halogens is 1. The van der Waals surface area contributed by atoms with E-state index in [9.17, 15) is 10.1 Å². The van der Waals surface area contributed by atoms with Crippen LogP contribution in [0.2, 0.25) is 0 Å². The summed E-state index contributed by atoms with van der Waals surface area (Å²) >= 11 is 0. The number of nitrogens with one attached hydrogen (secondary N) is 2. The maximum atomic E-state index is 12.0. The Labute approximate surface area is 182 Å². The molecular weight excluding hydrogens is 404 g/mol. The van der Waals surface area contributed by atoms with Gasteiger partial charge in [-0.15, -0.1) is 12.4 Å². The molecule has 0 aliphatic heterocycles. The molecule has 0 saturated heterocycles. The SMILES string of the molecule is CCOc1cccc(Nc2nc(N[C@@H]3CCCC[C@@H]3N)c(C#N)cc2C(N)=O)c1.Cl. The molecule has 0 radical (unpaired) electrons. The van der Waals surface area contributed by atoms with Gasteiger partial charge in [0.05, 0.1) is 17.7 Å². The normalized spacial score (nSPS) is 17.9. The first-order chi connectivity index (χ1) is 14.0. The van der Waals surface area contributed by atoms with Crippen molar-refractivity contribution in [3.8, 4) is 11.8 Å². The lowest BCUT2D eigenvalue weighted by Crippen LogP contribution is -2.43. The van der Waals surface area contributed by atoms with E-state index >= 15 is 0 Å². The van der Waals surface area contributed by atoms with Gasteiger partial charge in [-0.25, -0.2) is 4.98 Å². The third-order valence-electron chi connectivity index (χ3n) is 4.96. The second kappa shape index (κ2) is 10.7. The molecule has 1 aliphatic carbocycles. The van der Waals surface area contributed by atoms with Crippen molar-refractivity contribution in [1.29, 1.82) is 5.26 Å². The summed E-state index contributed by atoms with van der Waals surface area (Å²) in [5.41, 5.74) is 12.8. The molecule has 0 bridgehead atoms. The van der Waals surface area contributed by atoms with E-state index in [0.717, 1.165) is 25.7 Å². The summed E-state index contributed by atoms with van der Waals surface area (Å²) in [5.74, 6) is 0.692. The van der Waals surface area contributed by atoms with E-state index < -0.39 is 5.91 Å². The topological polar surface area (TPSA) is 139 Å². The van der Waals surface area contributed by atoms with Crippen LogP contribution in [0.1, 0.15) is 48.5 Å². The first-order valence-corrected chi connectivity index (χ1v) is 9.78. The molecule has 0 unspecified atom stereocenters. The molecule has 30 heavy (non-hydrogen) atoms. The number of benzene rings is 1. The van der Waals surface area contributed by atoms with E-state index in [1.54, 1.807) is 6.07 Å². The lowest BCUT2D eigenvalue weighted by Gasteiger charge is -2.30. The van der Waals surface area contributed by atoms with Gasteiger partial charge in [-0.3, -0.25) is 4.79 Å². The van der Waals surface area contributed by atoms with Crippen molar-refractivity contribution in [3.05, 3.63) is 41.5 Å². The Bertz CT molecular complexity index is 930. The van der Waals surface area contributed by atoms with Gasteiger partial charge in [-0.05, 0) is 38.0 Å². The second-order valence-corrected chi connectivity index (χ2v) is 7.04. The highest BCUT2D eigenvalue weighted by atomic mass is 35.5. The number of amides is 1. The number of carbonyl (C=O) groups is 1. The van der Waals surface area contributed by atoms with E-state index in [2.05, 4.69) is 21.7 Å². The monoisotopic (exact) mass is 430 g/mol. The maximum absolute atomic E-state index is 12.0. The highest BCUT2D eigenvalue weighted by Crippen LogP contribution is 2.28. The Morgan fingerprint density at radius 1 is 1.30 bits per heavy atom. The van der Waals surface area contributed by atoms with Gasteiger partial charge in [-0.2, -0.15) is 5.26 Å². The first kappa shape index (κ1) is 23.3. The maximum Gasteiger partial charge on any atom is 0.252 e. The molecule has 3 rings (SSSR count). The van der Waals surface area contributed by atoms with E-state index in [0.29, 0.717) is 23.9 Å². The number of anilines is 3. The number of pyridine rings is 1. The second-order valence-electron chi connectivity index (χ2n) is 7.04. The molecule has 160 valence electrons. The smallest absolute Gasteiger partial charge is 0.252 e. The van der Waals surface area contributed by atoms with Gasteiger partial charge in [0, 0.05) is 23.8 Å². The van der Waals surface area contributed by atoms with Crippen LogP contribution in [-0.4, -0.2) is 29.6 Å². The highest BCUT2D eigenvalue weighted by Gasteiger charge is 2.24. The fraction of sp³-hybridized carbons (Fsp3) is 0.381. The molecule has 9 heteroatoms. The number of nitrogens with zero attached hydrogens (tertiary/aromatic N) is 2. The lowest BCUT2D eigenvalue weighted by atomic mass is 9.91. The molecule has 1 aromatic heterocycles. The number of rotatable bonds is 7. The molecular formula is C21H27ClN6O2. The van der Waals surface area contributed by atoms with Gasteiger partial charge in [-0.1, -0.05) is 18.9 Å². The van der Waals surface area contributed by atoms with Gasteiger partial charge in [0.1, 0.15) is 23.5 Å². The van der Waals surface area contributed by atoms with Crippen LogP contribution in [0.5, 0.6) is 5.75 Å². The van der Waals surface area contributed by atoms with E-state index in [1.165, 1.54) is 6.07 Å². The standard InChI is InChI=1S/C21H26N6O2.ClH/c1-2-29-15-7-5-6-14(11-15)25-21-16(19(24)28)10-13(12-22)20(27-21)26-18-9-4-3-8-17(18)23;/h5-7,10-11,17-18H,2-4,8-9,23H2,1H3,(H2,24,28)(H2,25,26,27);1H/t17-,18+;/m0./s1. The van der Waals surface area contributed by atoms with Crippen molar-refractivity contribution in [2.75, 3.05) is 17.2 Å². The van der Waals surface area contributed by atoms with Gasteiger partial charge in [0.25, 0.3) is 5.91 Å². The number of hydrogen-bond acceptors (Lipinski definition) is 7. The van der Waals surface area contributed by atoms with Crippen LogP contribution in [0, 0.1) is 11.3 Å². The zero-order chi connectivity index (χ0) is 20.8. The fourth-order valence-electron chi connectivity index (χ4n) is 3.47. The van der Waals surface area contributed by atoms with E-state index in [-0.39, 0.29) is 41.4 Å². The van der Waals surface area contributed by atoms with Crippen molar-refractivity contribution in [3.63, 3.8) is 0 Å². The predicted octanol–water partition coefficient (Wildman–Crippen LogP) is 3.30. The van der Waals surface area contributed by atoms with Crippen LogP contribution >= 0.6 is 12.4 Å². The predicted molar refractivity (Wildman–Crippen MR) is 119 cm³/mol. The number of ether oxygens (including phenoxy) is 1. The number of hydrogen-bond donors (Lipinski definition) is 4. The Morgan fingerprint density at radius 2 is 2.07 bits per heavy atom. The minimum Gasteiger partial charge on any atom is -0.494 e. The Kier molecular flexibility index (Phi) is 8.27. The minimum atomic E-state index is -0.668. The molecule has 1 saturated carbocycles. The average Bonchev–Trinajstić information content (AvgIpc) is 2.70. The summed E-state index contributed by atoms with van der Waals surface area (Å²) in [6.07, 6.45) is 4.00. The number of nitriles is 1. The van der Waals surface area contributed by atoms with Crippen LogP contribution in [0.15, 0.2) is 30.3 Å². The molecule has 1 amide bonds. The van der Waals surface area contributed by atoms with Crippen molar-refractivity contribution < 1.29 is 9.53 Å². The van der Waals surface area contributed by atoms with Crippen LogP contribution in [0.4, 0.5) is 17.3 Å². The number of nitrogens with two attached hydrogens (primary N) is 2. The molecule has 1 aliphatic rings. The summed E-state index contributed by atoms with van der Waals surface area (Å²) in [5, 5.41) is 16.0. The number of primary amides is 1. The molecule has 1 aromatic carbocycles. The highest BCUT2D eigenvalue weighted by molar-refractivity contribution is 5.99. The molecule has 1 heterocycles. The zero-order valence-corrected chi connectivity index (χ0v) is 17.7. The first-order valence-electron chi connectivity index (χ1n) is 9.78. The Morgan fingerprint density at radius 3 is 2.73 bits per heavy atom. The zero-order valence-electron chi connectivity index (χ0n) is 16.9. The minimum absolute atomic E-state index is 0. The Hall–Kier alpha value is -3.02. The van der Waals surface area contributed by atoms with Gasteiger partial charge >= 0.3 is 0 Å². The third-order valence-corrected chi connectivity index (χ3v) is 4.96. The molecule has 0 spiro atoms. The van der Waals surface area contributed by atoms with Crippen LogP contribution in [0.25, 0.3) is 0 Å². The van der Waals surface area contributed by atoms with Crippen molar-refractivity contribution >= 4 is 35.6 Å². The third kappa shape index (κ3) is 5.53. The van der Waals surface area contributed by atoms with Gasteiger partial charge < -0.3 is 26.8 Å². The largest absolute Gasteiger partial charge is 0.494 e. The molecule has 2 aromatic rings. The fourth-order valence-corrected chi connectivity index (χ4v) is 3.47. The number of carbonyl (C=O) groups excluding carboxylic acids is 1. The van der Waals surface area contributed by atoms with Crippen molar-refractivity contribution in [2.45, 2.75) is 44.7 Å². The van der Waals surface area contributed by atoms with Crippen LogP contribution in [0.3, 0.4) is 0 Å². The summed E-state index contributed by atoms with van der Waals surface area (Å²) in [7, 11) is 0. The summed E-state index contributed by atoms with van der Waals surface area (Å²) in [6.45, 7) is 2.45. The molecule has 6 N–H and O–H groups in total. The molecule has 2 atom stereocenters. The Balaban J connectivity index is 0.00000320. The summed E-state index contributed by atoms with van der Waals surface area (Å²) < 4.78 is 5.51. The lowest BCUT2D eigenvalue weighted by molar-refractivity contribution is 0.100. The van der Waals surface area contributed by atoms with E-state index in [1.807, 2.05) is 25.1 Å². The van der Waals surface area contributed by atoms with Gasteiger partial charge in [0.15, 0.2) is 0 Å². The summed E-state index contributed by atoms with van der Waals surface area (Å²) in [4.78, 5) is 16.5. The van der Waals surface area contributed by atoms with Crippen LogP contribution < -0.4 is 26.8 Å². The van der Waals surface area contributed by atoms with Crippen LogP contribution in [-0.2, 0) is 0 Å². The van der Waals surface area contributed by atoms with E-state index in [4.69, 9.17) is 16.2 Å².